The maximum absolute atomic E-state index is 5.65. The summed E-state index contributed by atoms with van der Waals surface area (Å²) < 4.78 is 5.65. The van der Waals surface area contributed by atoms with E-state index < -0.39 is 0 Å². The zero-order chi connectivity index (χ0) is 17.1. The molecule has 1 unspecified atom stereocenters. The lowest BCUT2D eigenvalue weighted by Gasteiger charge is -2.15. The number of hydrogen-bond acceptors (Lipinski definition) is 5. The highest BCUT2D eigenvalue weighted by Crippen LogP contribution is 2.26. The standard InChI is InChI=1S/C19H26N4O/c1-12-8-13(2)19(14(3)9-12)23-18-10-17(21-15(4)22-18)20-11-16-6-5-7-24-16/h8-10,16H,5-7,11H2,1-4H3,(H2,20,21,22,23). The molecule has 1 aliphatic rings. The van der Waals surface area contributed by atoms with Crippen molar-refractivity contribution in [2.24, 2.45) is 0 Å². The molecule has 128 valence electrons. The summed E-state index contributed by atoms with van der Waals surface area (Å²) in [5, 5.41) is 6.83. The molecule has 0 aliphatic carbocycles. The van der Waals surface area contributed by atoms with Gasteiger partial charge in [-0.2, -0.15) is 0 Å². The lowest BCUT2D eigenvalue weighted by molar-refractivity contribution is 0.120. The van der Waals surface area contributed by atoms with Gasteiger partial charge >= 0.3 is 0 Å². The van der Waals surface area contributed by atoms with Crippen molar-refractivity contribution in [2.45, 2.75) is 46.6 Å². The molecule has 1 aliphatic heterocycles. The summed E-state index contributed by atoms with van der Waals surface area (Å²) in [6.45, 7) is 9.93. The highest BCUT2D eigenvalue weighted by molar-refractivity contribution is 5.66. The van der Waals surface area contributed by atoms with Gasteiger partial charge < -0.3 is 15.4 Å². The zero-order valence-electron chi connectivity index (χ0n) is 14.9. The molecule has 0 bridgehead atoms. The van der Waals surface area contributed by atoms with Crippen molar-refractivity contribution in [3.63, 3.8) is 0 Å². The van der Waals surface area contributed by atoms with Crippen LogP contribution in [0.3, 0.4) is 0 Å². The maximum atomic E-state index is 5.65. The Balaban J connectivity index is 1.76. The van der Waals surface area contributed by atoms with Gasteiger partial charge in [0.2, 0.25) is 0 Å². The van der Waals surface area contributed by atoms with Crippen molar-refractivity contribution in [3.05, 3.63) is 40.7 Å². The second kappa shape index (κ2) is 7.18. The van der Waals surface area contributed by atoms with E-state index in [0.29, 0.717) is 6.10 Å². The van der Waals surface area contributed by atoms with Crippen LogP contribution in [0.2, 0.25) is 0 Å². The molecule has 2 heterocycles. The minimum absolute atomic E-state index is 0.290. The SMILES string of the molecule is Cc1cc(C)c(Nc2cc(NCC3CCCO3)nc(C)n2)c(C)c1. The average molecular weight is 326 g/mol. The molecule has 0 radical (unpaired) electrons. The molecule has 1 aromatic heterocycles. The second-order valence-corrected chi connectivity index (χ2v) is 6.60. The topological polar surface area (TPSA) is 59.1 Å². The molecule has 2 N–H and O–H groups in total. The van der Waals surface area contributed by atoms with Crippen LogP contribution in [0.15, 0.2) is 18.2 Å². The molecule has 0 spiro atoms. The molecule has 2 aromatic rings. The third kappa shape index (κ3) is 4.03. The Hall–Kier alpha value is -2.14. The smallest absolute Gasteiger partial charge is 0.136 e. The van der Waals surface area contributed by atoms with Gasteiger partial charge in [-0.05, 0) is 51.7 Å². The number of ether oxygens (including phenoxy) is 1. The number of anilines is 3. The lowest BCUT2D eigenvalue weighted by Crippen LogP contribution is -2.19. The normalized spacial score (nSPS) is 17.1. The average Bonchev–Trinajstić information content (AvgIpc) is 3.02. The molecule has 24 heavy (non-hydrogen) atoms. The molecule has 1 saturated heterocycles. The fourth-order valence-electron chi connectivity index (χ4n) is 3.25. The van der Waals surface area contributed by atoms with E-state index in [9.17, 15) is 0 Å². The Morgan fingerprint density at radius 3 is 2.42 bits per heavy atom. The first-order chi connectivity index (χ1) is 11.5. The highest BCUT2D eigenvalue weighted by atomic mass is 16.5. The molecule has 3 rings (SSSR count). The highest BCUT2D eigenvalue weighted by Gasteiger charge is 2.15. The molecule has 5 heteroatoms. The summed E-state index contributed by atoms with van der Waals surface area (Å²) in [5.74, 6) is 2.40. The molecule has 0 amide bonds. The number of rotatable bonds is 5. The van der Waals surface area contributed by atoms with Gasteiger partial charge in [0.25, 0.3) is 0 Å². The van der Waals surface area contributed by atoms with E-state index in [2.05, 4.69) is 53.5 Å². The third-order valence-electron chi connectivity index (χ3n) is 4.30. The summed E-state index contributed by atoms with van der Waals surface area (Å²) in [4.78, 5) is 9.00. The number of nitrogens with zero attached hydrogens (tertiary/aromatic N) is 2. The largest absolute Gasteiger partial charge is 0.376 e. The monoisotopic (exact) mass is 326 g/mol. The lowest BCUT2D eigenvalue weighted by atomic mass is 10.1. The molecule has 0 saturated carbocycles. The van der Waals surface area contributed by atoms with Crippen LogP contribution in [0, 0.1) is 27.7 Å². The van der Waals surface area contributed by atoms with Gasteiger partial charge in [0.1, 0.15) is 17.5 Å². The molecule has 1 fully saturated rings. The summed E-state index contributed by atoms with van der Waals surface area (Å²) >= 11 is 0. The van der Waals surface area contributed by atoms with Crippen LogP contribution in [-0.4, -0.2) is 29.2 Å². The van der Waals surface area contributed by atoms with Crippen molar-refractivity contribution >= 4 is 17.3 Å². The van der Waals surface area contributed by atoms with Crippen molar-refractivity contribution in [1.82, 2.24) is 9.97 Å². The van der Waals surface area contributed by atoms with Crippen molar-refractivity contribution < 1.29 is 4.74 Å². The fraction of sp³-hybridized carbons (Fsp3) is 0.474. The van der Waals surface area contributed by atoms with Crippen LogP contribution in [0.5, 0.6) is 0 Å². The first kappa shape index (κ1) is 16.7. The van der Waals surface area contributed by atoms with E-state index >= 15 is 0 Å². The van der Waals surface area contributed by atoms with E-state index in [4.69, 9.17) is 4.74 Å². The Morgan fingerprint density at radius 1 is 1.04 bits per heavy atom. The number of hydrogen-bond donors (Lipinski definition) is 2. The maximum Gasteiger partial charge on any atom is 0.136 e. The van der Waals surface area contributed by atoms with Crippen LogP contribution in [0.25, 0.3) is 0 Å². The number of benzene rings is 1. The van der Waals surface area contributed by atoms with Crippen molar-refractivity contribution in [2.75, 3.05) is 23.8 Å². The van der Waals surface area contributed by atoms with Gasteiger partial charge in [-0.25, -0.2) is 9.97 Å². The van der Waals surface area contributed by atoms with Crippen LogP contribution in [0.4, 0.5) is 17.3 Å². The summed E-state index contributed by atoms with van der Waals surface area (Å²) in [6.07, 6.45) is 2.55. The Bertz CT molecular complexity index is 700. The van der Waals surface area contributed by atoms with Crippen molar-refractivity contribution in [1.29, 1.82) is 0 Å². The van der Waals surface area contributed by atoms with E-state index in [1.54, 1.807) is 0 Å². The Kier molecular flexibility index (Phi) is 5.00. The van der Waals surface area contributed by atoms with Gasteiger partial charge in [0.15, 0.2) is 0 Å². The molecule has 1 atom stereocenters. The van der Waals surface area contributed by atoms with E-state index in [1.165, 1.54) is 16.7 Å². The van der Waals surface area contributed by atoms with Gasteiger partial charge in [0.05, 0.1) is 6.10 Å². The van der Waals surface area contributed by atoms with E-state index in [-0.39, 0.29) is 0 Å². The Morgan fingerprint density at radius 2 is 1.75 bits per heavy atom. The first-order valence-corrected chi connectivity index (χ1v) is 8.57. The fourth-order valence-corrected chi connectivity index (χ4v) is 3.25. The van der Waals surface area contributed by atoms with E-state index in [0.717, 1.165) is 49.1 Å². The van der Waals surface area contributed by atoms with Gasteiger partial charge in [-0.1, -0.05) is 17.7 Å². The summed E-state index contributed by atoms with van der Waals surface area (Å²) in [7, 11) is 0. The summed E-state index contributed by atoms with van der Waals surface area (Å²) in [5.41, 5.74) is 4.83. The number of aryl methyl sites for hydroxylation is 4. The number of aromatic nitrogens is 2. The molecular formula is C19H26N4O. The minimum Gasteiger partial charge on any atom is -0.376 e. The van der Waals surface area contributed by atoms with Crippen LogP contribution < -0.4 is 10.6 Å². The zero-order valence-corrected chi connectivity index (χ0v) is 14.9. The minimum atomic E-state index is 0.290. The van der Waals surface area contributed by atoms with E-state index in [1.807, 2.05) is 13.0 Å². The van der Waals surface area contributed by atoms with Gasteiger partial charge in [-0.15, -0.1) is 0 Å². The predicted octanol–water partition coefficient (Wildman–Crippen LogP) is 4.04. The van der Waals surface area contributed by atoms with Crippen LogP contribution >= 0.6 is 0 Å². The number of nitrogens with one attached hydrogen (secondary N) is 2. The van der Waals surface area contributed by atoms with Crippen molar-refractivity contribution in [3.8, 4) is 0 Å². The first-order valence-electron chi connectivity index (χ1n) is 8.57. The Labute approximate surface area is 143 Å². The molecule has 1 aromatic carbocycles. The predicted molar refractivity (Wildman–Crippen MR) is 98.2 cm³/mol. The third-order valence-corrected chi connectivity index (χ3v) is 4.30. The summed E-state index contributed by atoms with van der Waals surface area (Å²) in [6, 6.07) is 6.32. The molecular weight excluding hydrogens is 300 g/mol. The second-order valence-electron chi connectivity index (χ2n) is 6.60. The quantitative estimate of drug-likeness (QED) is 0.868. The van der Waals surface area contributed by atoms with Crippen LogP contribution in [0.1, 0.15) is 35.4 Å². The molecule has 5 nitrogen and oxygen atoms in total. The van der Waals surface area contributed by atoms with Gasteiger partial charge in [-0.3, -0.25) is 0 Å². The van der Waals surface area contributed by atoms with Gasteiger partial charge in [0, 0.05) is 24.9 Å². The van der Waals surface area contributed by atoms with Crippen LogP contribution in [-0.2, 0) is 4.74 Å².